The average Bonchev–Trinajstić information content (AvgIpc) is 2.20. The Balaban J connectivity index is 3.24. The van der Waals surface area contributed by atoms with E-state index in [9.17, 15) is 0 Å². The molecule has 0 bridgehead atoms. The van der Waals surface area contributed by atoms with E-state index in [1.807, 2.05) is 25.1 Å². The number of aryl methyl sites for hydroxylation is 1. The number of hydrogen-bond acceptors (Lipinski definition) is 2. The van der Waals surface area contributed by atoms with Crippen LogP contribution in [0.2, 0.25) is 5.02 Å². The molecule has 1 aromatic rings. The molecule has 0 amide bonds. The van der Waals surface area contributed by atoms with Crippen LogP contribution in [-0.4, -0.2) is 0 Å². The first-order chi connectivity index (χ1) is 6.56. The van der Waals surface area contributed by atoms with Crippen molar-refractivity contribution in [2.45, 2.75) is 13.8 Å². The van der Waals surface area contributed by atoms with Gasteiger partial charge >= 0.3 is 0 Å². The van der Waals surface area contributed by atoms with E-state index in [4.69, 9.17) is 22.6 Å². The highest BCUT2D eigenvalue weighted by molar-refractivity contribution is 6.31. The smallest absolute Gasteiger partial charge is 0.0965 e. The summed E-state index contributed by atoms with van der Waals surface area (Å²) in [5.41, 5.74) is 8.54. The summed E-state index contributed by atoms with van der Waals surface area (Å²) in [5.74, 6) is 0. The zero-order chi connectivity index (χ0) is 10.7. The van der Waals surface area contributed by atoms with E-state index >= 15 is 0 Å². The third-order valence-electron chi connectivity index (χ3n) is 2.05. The molecule has 0 heterocycles. The molecular weight excluding hydrogens is 196 g/mol. The van der Waals surface area contributed by atoms with Crippen LogP contribution in [0.1, 0.15) is 18.1 Å². The second-order valence-corrected chi connectivity index (χ2v) is 3.52. The van der Waals surface area contributed by atoms with Crippen LogP contribution < -0.4 is 5.73 Å². The number of nitrogens with zero attached hydrogens (tertiary/aromatic N) is 1. The lowest BCUT2D eigenvalue weighted by Crippen LogP contribution is -1.99. The van der Waals surface area contributed by atoms with Crippen LogP contribution in [0.15, 0.2) is 23.8 Å². The molecule has 2 nitrogen and oxygen atoms in total. The topological polar surface area (TPSA) is 49.8 Å². The van der Waals surface area contributed by atoms with Crippen LogP contribution in [0.4, 0.5) is 0 Å². The highest BCUT2D eigenvalue weighted by atomic mass is 35.5. The number of hydrogen-bond donors (Lipinski definition) is 1. The van der Waals surface area contributed by atoms with Crippen LogP contribution in [0.5, 0.6) is 0 Å². The normalized spacial score (nSPS) is 11.9. The van der Waals surface area contributed by atoms with Gasteiger partial charge in [-0.05, 0) is 31.0 Å². The monoisotopic (exact) mass is 206 g/mol. The van der Waals surface area contributed by atoms with Crippen LogP contribution in [0.25, 0.3) is 5.70 Å². The number of rotatable bonds is 1. The molecule has 1 rings (SSSR count). The lowest BCUT2D eigenvalue weighted by molar-refractivity contribution is 1.38. The minimum Gasteiger partial charge on any atom is -0.397 e. The van der Waals surface area contributed by atoms with Crippen molar-refractivity contribution in [2.75, 3.05) is 0 Å². The molecule has 0 atom stereocenters. The van der Waals surface area contributed by atoms with Crippen molar-refractivity contribution >= 4 is 17.3 Å². The summed E-state index contributed by atoms with van der Waals surface area (Å²) in [4.78, 5) is 0. The largest absolute Gasteiger partial charge is 0.397 e. The van der Waals surface area contributed by atoms with E-state index in [0.29, 0.717) is 16.3 Å². The van der Waals surface area contributed by atoms with Gasteiger partial charge in [0.15, 0.2) is 0 Å². The molecular formula is C11H11ClN2. The summed E-state index contributed by atoms with van der Waals surface area (Å²) < 4.78 is 0. The van der Waals surface area contributed by atoms with Crippen LogP contribution in [0.3, 0.4) is 0 Å². The van der Waals surface area contributed by atoms with Gasteiger partial charge in [-0.25, -0.2) is 0 Å². The van der Waals surface area contributed by atoms with Gasteiger partial charge in [0.25, 0.3) is 0 Å². The van der Waals surface area contributed by atoms with Gasteiger partial charge in [0.05, 0.1) is 11.8 Å². The van der Waals surface area contributed by atoms with Crippen molar-refractivity contribution in [2.24, 2.45) is 5.73 Å². The summed E-state index contributed by atoms with van der Waals surface area (Å²) in [7, 11) is 0. The van der Waals surface area contributed by atoms with Gasteiger partial charge in [-0.1, -0.05) is 23.7 Å². The molecule has 0 aliphatic carbocycles. The van der Waals surface area contributed by atoms with Gasteiger partial charge in [-0.2, -0.15) is 5.26 Å². The van der Waals surface area contributed by atoms with E-state index in [0.717, 1.165) is 11.1 Å². The van der Waals surface area contributed by atoms with E-state index < -0.39 is 0 Å². The molecule has 1 aromatic carbocycles. The van der Waals surface area contributed by atoms with Crippen molar-refractivity contribution in [3.63, 3.8) is 0 Å². The third kappa shape index (κ3) is 2.07. The number of nitrogens with two attached hydrogens (primary N) is 1. The van der Waals surface area contributed by atoms with Crippen LogP contribution >= 0.6 is 11.6 Å². The van der Waals surface area contributed by atoms with Crippen molar-refractivity contribution < 1.29 is 0 Å². The fraction of sp³-hybridized carbons (Fsp3) is 0.182. The maximum Gasteiger partial charge on any atom is 0.0965 e. The highest BCUT2D eigenvalue weighted by Crippen LogP contribution is 2.21. The summed E-state index contributed by atoms with van der Waals surface area (Å²) >= 11 is 5.94. The van der Waals surface area contributed by atoms with Gasteiger partial charge in [0.2, 0.25) is 0 Å². The quantitative estimate of drug-likeness (QED) is 0.719. The first-order valence-corrected chi connectivity index (χ1v) is 4.57. The van der Waals surface area contributed by atoms with Crippen LogP contribution in [0, 0.1) is 18.3 Å². The fourth-order valence-electron chi connectivity index (χ4n) is 1.04. The van der Waals surface area contributed by atoms with E-state index in [2.05, 4.69) is 0 Å². The molecule has 0 spiro atoms. The predicted octanol–water partition coefficient (Wildman–Crippen LogP) is 2.86. The molecule has 0 aliphatic rings. The van der Waals surface area contributed by atoms with E-state index in [-0.39, 0.29) is 0 Å². The van der Waals surface area contributed by atoms with E-state index in [1.165, 1.54) is 0 Å². The molecule has 72 valence electrons. The number of benzene rings is 1. The molecule has 2 N–H and O–H groups in total. The highest BCUT2D eigenvalue weighted by Gasteiger charge is 2.03. The Morgan fingerprint density at radius 3 is 2.64 bits per heavy atom. The number of nitriles is 1. The molecule has 0 aromatic heterocycles. The fourth-order valence-corrected chi connectivity index (χ4v) is 1.22. The van der Waals surface area contributed by atoms with Gasteiger partial charge in [-0.15, -0.1) is 0 Å². The Morgan fingerprint density at radius 2 is 2.14 bits per heavy atom. The second-order valence-electron chi connectivity index (χ2n) is 3.11. The van der Waals surface area contributed by atoms with Crippen molar-refractivity contribution in [3.05, 3.63) is 39.9 Å². The maximum atomic E-state index is 8.67. The SMILES string of the molecule is C/C(C#N)=C(/N)c1ccc(C)c(Cl)c1. The van der Waals surface area contributed by atoms with Gasteiger partial charge in [0, 0.05) is 10.6 Å². The first-order valence-electron chi connectivity index (χ1n) is 4.19. The molecule has 0 unspecified atom stereocenters. The van der Waals surface area contributed by atoms with Gasteiger partial charge in [0.1, 0.15) is 0 Å². The van der Waals surface area contributed by atoms with Crippen molar-refractivity contribution in [1.82, 2.24) is 0 Å². The molecule has 0 saturated heterocycles. The number of allylic oxidation sites excluding steroid dienone is 1. The van der Waals surface area contributed by atoms with E-state index in [1.54, 1.807) is 13.0 Å². The van der Waals surface area contributed by atoms with Crippen molar-refractivity contribution in [1.29, 1.82) is 5.26 Å². The Hall–Kier alpha value is -1.46. The molecule has 0 fully saturated rings. The second kappa shape index (κ2) is 4.17. The maximum absolute atomic E-state index is 8.67. The molecule has 3 heteroatoms. The summed E-state index contributed by atoms with van der Waals surface area (Å²) in [6, 6.07) is 7.52. The summed E-state index contributed by atoms with van der Waals surface area (Å²) in [6.07, 6.45) is 0. The summed E-state index contributed by atoms with van der Waals surface area (Å²) in [6.45, 7) is 3.60. The first kappa shape index (κ1) is 10.6. The minimum atomic E-state index is 0.481. The summed E-state index contributed by atoms with van der Waals surface area (Å²) in [5, 5.41) is 9.33. The van der Waals surface area contributed by atoms with Gasteiger partial charge in [-0.3, -0.25) is 0 Å². The third-order valence-corrected chi connectivity index (χ3v) is 2.46. The lowest BCUT2D eigenvalue weighted by atomic mass is 10.1. The average molecular weight is 207 g/mol. The Labute approximate surface area is 88.6 Å². The standard InChI is InChI=1S/C11H11ClN2/c1-7-3-4-9(5-10(7)12)11(14)8(2)6-13/h3-5H,14H2,1-2H3/b11-8-. The zero-order valence-corrected chi connectivity index (χ0v) is 8.89. The lowest BCUT2D eigenvalue weighted by Gasteiger charge is -2.04. The molecule has 0 saturated carbocycles. The number of halogens is 1. The predicted molar refractivity (Wildman–Crippen MR) is 58.6 cm³/mol. The zero-order valence-electron chi connectivity index (χ0n) is 8.13. The minimum absolute atomic E-state index is 0.481. The van der Waals surface area contributed by atoms with Crippen LogP contribution in [-0.2, 0) is 0 Å². The van der Waals surface area contributed by atoms with Gasteiger partial charge < -0.3 is 5.73 Å². The molecule has 14 heavy (non-hydrogen) atoms. The Kier molecular flexibility index (Phi) is 3.16. The van der Waals surface area contributed by atoms with Crippen molar-refractivity contribution in [3.8, 4) is 6.07 Å². The molecule has 0 aliphatic heterocycles. The Morgan fingerprint density at radius 1 is 1.50 bits per heavy atom. The molecule has 0 radical (unpaired) electrons. The Bertz CT molecular complexity index is 427.